The van der Waals surface area contributed by atoms with Crippen molar-refractivity contribution in [1.29, 1.82) is 0 Å². The maximum atomic E-state index is 13.5. The van der Waals surface area contributed by atoms with Crippen molar-refractivity contribution in [2.24, 2.45) is 0 Å². The van der Waals surface area contributed by atoms with Gasteiger partial charge in [0.2, 0.25) is 0 Å². The third-order valence-electron chi connectivity index (χ3n) is 3.74. The van der Waals surface area contributed by atoms with Gasteiger partial charge in [-0.05, 0) is 52.6 Å². The number of aliphatic hydroxyl groups is 1. The van der Waals surface area contributed by atoms with E-state index >= 15 is 0 Å². The van der Waals surface area contributed by atoms with Crippen LogP contribution >= 0.6 is 15.9 Å². The SMILES string of the molecule is Cc1ccc(F)cc1C(O)c1ccc(Br)c2ccccc12. The molecule has 0 amide bonds. The zero-order valence-corrected chi connectivity index (χ0v) is 13.1. The Labute approximate surface area is 131 Å². The summed E-state index contributed by atoms with van der Waals surface area (Å²) in [5.74, 6) is -0.337. The summed E-state index contributed by atoms with van der Waals surface area (Å²) in [6, 6.07) is 16.1. The molecule has 0 aromatic heterocycles. The molecule has 106 valence electrons. The average molecular weight is 345 g/mol. The van der Waals surface area contributed by atoms with Crippen molar-refractivity contribution >= 4 is 26.7 Å². The summed E-state index contributed by atoms with van der Waals surface area (Å²) in [5, 5.41) is 12.7. The molecule has 1 N–H and O–H groups in total. The minimum absolute atomic E-state index is 0.337. The van der Waals surface area contributed by atoms with E-state index in [0.29, 0.717) is 5.56 Å². The highest BCUT2D eigenvalue weighted by Gasteiger charge is 2.17. The molecule has 1 nitrogen and oxygen atoms in total. The van der Waals surface area contributed by atoms with Crippen LogP contribution in [-0.4, -0.2) is 5.11 Å². The highest BCUT2D eigenvalue weighted by molar-refractivity contribution is 9.10. The second kappa shape index (κ2) is 5.58. The van der Waals surface area contributed by atoms with Crippen LogP contribution in [0.15, 0.2) is 59.1 Å². The van der Waals surface area contributed by atoms with Gasteiger partial charge in [0, 0.05) is 4.47 Å². The molecule has 3 heteroatoms. The maximum Gasteiger partial charge on any atom is 0.123 e. The molecule has 0 aliphatic rings. The van der Waals surface area contributed by atoms with Crippen molar-refractivity contribution < 1.29 is 9.50 Å². The van der Waals surface area contributed by atoms with Crippen LogP contribution in [0.5, 0.6) is 0 Å². The van der Waals surface area contributed by atoms with Crippen LogP contribution in [0, 0.1) is 12.7 Å². The fourth-order valence-electron chi connectivity index (χ4n) is 2.60. The molecule has 0 spiro atoms. The Hall–Kier alpha value is -1.71. The monoisotopic (exact) mass is 344 g/mol. The molecule has 1 unspecified atom stereocenters. The van der Waals surface area contributed by atoms with E-state index in [0.717, 1.165) is 26.4 Å². The number of aryl methyl sites for hydroxylation is 1. The molecule has 0 fully saturated rings. The summed E-state index contributed by atoms with van der Waals surface area (Å²) in [6.45, 7) is 1.87. The van der Waals surface area contributed by atoms with E-state index < -0.39 is 6.10 Å². The summed E-state index contributed by atoms with van der Waals surface area (Å²) in [6.07, 6.45) is -0.848. The highest BCUT2D eigenvalue weighted by Crippen LogP contribution is 2.34. The van der Waals surface area contributed by atoms with E-state index in [1.165, 1.54) is 12.1 Å². The van der Waals surface area contributed by atoms with Gasteiger partial charge in [-0.1, -0.05) is 52.3 Å². The van der Waals surface area contributed by atoms with Gasteiger partial charge in [0.05, 0.1) is 0 Å². The van der Waals surface area contributed by atoms with Crippen molar-refractivity contribution in [3.05, 3.63) is 81.6 Å². The first kappa shape index (κ1) is 14.2. The molecular weight excluding hydrogens is 331 g/mol. The van der Waals surface area contributed by atoms with Crippen molar-refractivity contribution in [2.75, 3.05) is 0 Å². The molecule has 0 saturated carbocycles. The summed E-state index contributed by atoms with van der Waals surface area (Å²) >= 11 is 3.52. The lowest BCUT2D eigenvalue weighted by molar-refractivity contribution is 0.220. The Kier molecular flexibility index (Phi) is 3.79. The highest BCUT2D eigenvalue weighted by atomic mass is 79.9. The first-order chi connectivity index (χ1) is 10.1. The van der Waals surface area contributed by atoms with Crippen molar-refractivity contribution in [2.45, 2.75) is 13.0 Å². The minimum Gasteiger partial charge on any atom is -0.384 e. The summed E-state index contributed by atoms with van der Waals surface area (Å²) in [4.78, 5) is 0. The van der Waals surface area contributed by atoms with Gasteiger partial charge >= 0.3 is 0 Å². The molecule has 1 atom stereocenters. The standard InChI is InChI=1S/C18H14BrFO/c1-11-6-7-12(20)10-16(11)18(21)15-8-9-17(19)14-5-3-2-4-13(14)15/h2-10,18,21H,1H3. The lowest BCUT2D eigenvalue weighted by Gasteiger charge is -2.17. The lowest BCUT2D eigenvalue weighted by atomic mass is 9.93. The largest absolute Gasteiger partial charge is 0.384 e. The van der Waals surface area contributed by atoms with E-state index in [4.69, 9.17) is 0 Å². The number of halogens is 2. The quantitative estimate of drug-likeness (QED) is 0.683. The Balaban J connectivity index is 2.20. The molecule has 21 heavy (non-hydrogen) atoms. The van der Waals surface area contributed by atoms with E-state index in [1.54, 1.807) is 6.07 Å². The topological polar surface area (TPSA) is 20.2 Å². The Morgan fingerprint density at radius 2 is 1.67 bits per heavy atom. The number of hydrogen-bond donors (Lipinski definition) is 1. The second-order valence-corrected chi connectivity index (χ2v) is 5.94. The zero-order chi connectivity index (χ0) is 15.0. The van der Waals surface area contributed by atoms with E-state index in [9.17, 15) is 9.50 Å². The zero-order valence-electron chi connectivity index (χ0n) is 11.5. The van der Waals surface area contributed by atoms with E-state index in [2.05, 4.69) is 15.9 Å². The van der Waals surface area contributed by atoms with Crippen LogP contribution in [0.25, 0.3) is 10.8 Å². The van der Waals surface area contributed by atoms with E-state index in [-0.39, 0.29) is 5.82 Å². The summed E-state index contributed by atoms with van der Waals surface area (Å²) in [7, 11) is 0. The maximum absolute atomic E-state index is 13.5. The summed E-state index contributed by atoms with van der Waals surface area (Å²) in [5.41, 5.74) is 2.25. The number of rotatable bonds is 2. The molecule has 0 bridgehead atoms. The number of aliphatic hydroxyl groups excluding tert-OH is 1. The van der Waals surface area contributed by atoms with Crippen LogP contribution in [0.3, 0.4) is 0 Å². The Bertz CT molecular complexity index is 813. The summed E-state index contributed by atoms with van der Waals surface area (Å²) < 4.78 is 14.5. The first-order valence-electron chi connectivity index (χ1n) is 6.69. The predicted molar refractivity (Wildman–Crippen MR) is 86.8 cm³/mol. The number of hydrogen-bond acceptors (Lipinski definition) is 1. The number of fused-ring (bicyclic) bond motifs is 1. The van der Waals surface area contributed by atoms with Crippen LogP contribution in [0.1, 0.15) is 22.8 Å². The second-order valence-electron chi connectivity index (χ2n) is 5.09. The van der Waals surface area contributed by atoms with Gasteiger partial charge in [0.1, 0.15) is 11.9 Å². The molecule has 3 rings (SSSR count). The molecule has 0 aliphatic carbocycles. The molecule has 3 aromatic rings. The lowest BCUT2D eigenvalue weighted by Crippen LogP contribution is -2.03. The van der Waals surface area contributed by atoms with Gasteiger partial charge < -0.3 is 5.11 Å². The molecule has 0 aliphatic heterocycles. The van der Waals surface area contributed by atoms with Crippen molar-refractivity contribution in [3.8, 4) is 0 Å². The predicted octanol–water partition coefficient (Wildman–Crippen LogP) is 5.13. The molecule has 0 saturated heterocycles. The average Bonchev–Trinajstić information content (AvgIpc) is 2.50. The van der Waals surface area contributed by atoms with Crippen LogP contribution in [0.4, 0.5) is 4.39 Å². The van der Waals surface area contributed by atoms with Gasteiger partial charge in [0.15, 0.2) is 0 Å². The third-order valence-corrected chi connectivity index (χ3v) is 4.43. The van der Waals surface area contributed by atoms with Crippen molar-refractivity contribution in [3.63, 3.8) is 0 Å². The third kappa shape index (κ3) is 2.59. The van der Waals surface area contributed by atoms with Crippen LogP contribution in [-0.2, 0) is 0 Å². The van der Waals surface area contributed by atoms with Crippen molar-refractivity contribution in [1.82, 2.24) is 0 Å². The van der Waals surface area contributed by atoms with Gasteiger partial charge in [-0.2, -0.15) is 0 Å². The van der Waals surface area contributed by atoms with E-state index in [1.807, 2.05) is 43.3 Å². The fourth-order valence-corrected chi connectivity index (χ4v) is 3.08. The minimum atomic E-state index is -0.848. The molecule has 0 radical (unpaired) electrons. The van der Waals surface area contributed by atoms with Gasteiger partial charge in [-0.3, -0.25) is 0 Å². The normalized spacial score (nSPS) is 12.6. The van der Waals surface area contributed by atoms with Gasteiger partial charge in [0.25, 0.3) is 0 Å². The van der Waals surface area contributed by atoms with Crippen LogP contribution in [0.2, 0.25) is 0 Å². The molecule has 0 heterocycles. The Morgan fingerprint density at radius 1 is 0.952 bits per heavy atom. The van der Waals surface area contributed by atoms with Crippen LogP contribution < -0.4 is 0 Å². The number of benzene rings is 3. The van der Waals surface area contributed by atoms with Gasteiger partial charge in [-0.25, -0.2) is 4.39 Å². The van der Waals surface area contributed by atoms with Gasteiger partial charge in [-0.15, -0.1) is 0 Å². The molecule has 3 aromatic carbocycles. The Morgan fingerprint density at radius 3 is 2.43 bits per heavy atom. The fraction of sp³-hybridized carbons (Fsp3) is 0.111. The smallest absolute Gasteiger partial charge is 0.123 e. The molecular formula is C18H14BrFO. The first-order valence-corrected chi connectivity index (χ1v) is 7.48.